The number of aromatic nitrogens is 4. The molecule has 0 unspecified atom stereocenters. The average Bonchev–Trinajstić information content (AvgIpc) is 3.23. The van der Waals surface area contributed by atoms with Crippen molar-refractivity contribution in [1.29, 1.82) is 0 Å². The Kier molecular flexibility index (Phi) is 5.39. The normalized spacial score (nSPS) is 11.2. The molecule has 0 atom stereocenters. The summed E-state index contributed by atoms with van der Waals surface area (Å²) in [6.07, 6.45) is 2.59. The van der Waals surface area contributed by atoms with Crippen LogP contribution < -0.4 is 5.32 Å². The third kappa shape index (κ3) is 4.63. The van der Waals surface area contributed by atoms with Gasteiger partial charge in [0.15, 0.2) is 11.6 Å². The SMILES string of the molecule is COCc1noc(-c2ccc(NCc3cc(CC(C)C)no3)nc2)n1. The number of hydrogen-bond acceptors (Lipinski definition) is 8. The molecular weight excluding hydrogens is 322 g/mol. The van der Waals surface area contributed by atoms with E-state index >= 15 is 0 Å². The first-order chi connectivity index (χ1) is 12.1. The van der Waals surface area contributed by atoms with Gasteiger partial charge in [-0.25, -0.2) is 4.98 Å². The van der Waals surface area contributed by atoms with Crippen LogP contribution in [0.3, 0.4) is 0 Å². The van der Waals surface area contributed by atoms with Gasteiger partial charge in [0.25, 0.3) is 5.89 Å². The zero-order valence-electron chi connectivity index (χ0n) is 14.5. The van der Waals surface area contributed by atoms with Crippen LogP contribution in [0, 0.1) is 5.92 Å². The Bertz CT molecular complexity index is 795. The molecule has 0 aliphatic carbocycles. The minimum atomic E-state index is 0.312. The zero-order valence-corrected chi connectivity index (χ0v) is 14.5. The van der Waals surface area contributed by atoms with Crippen LogP contribution in [0.15, 0.2) is 33.4 Å². The van der Waals surface area contributed by atoms with Crippen molar-refractivity contribution in [3.05, 3.63) is 41.7 Å². The zero-order chi connectivity index (χ0) is 17.6. The molecule has 0 saturated heterocycles. The molecule has 0 amide bonds. The highest BCUT2D eigenvalue weighted by molar-refractivity contribution is 5.54. The minimum Gasteiger partial charge on any atom is -0.377 e. The first kappa shape index (κ1) is 17.1. The molecule has 3 aromatic heterocycles. The average molecular weight is 343 g/mol. The highest BCUT2D eigenvalue weighted by atomic mass is 16.5. The Morgan fingerprint density at radius 1 is 1.20 bits per heavy atom. The summed E-state index contributed by atoms with van der Waals surface area (Å²) in [5.41, 5.74) is 1.72. The molecule has 1 N–H and O–H groups in total. The molecule has 0 aromatic carbocycles. The Balaban J connectivity index is 1.57. The lowest BCUT2D eigenvalue weighted by Crippen LogP contribution is -2.00. The first-order valence-corrected chi connectivity index (χ1v) is 8.10. The summed E-state index contributed by atoms with van der Waals surface area (Å²) in [7, 11) is 1.58. The number of hydrogen-bond donors (Lipinski definition) is 1. The molecule has 0 spiro atoms. The Hall–Kier alpha value is -2.74. The number of nitrogens with one attached hydrogen (secondary N) is 1. The minimum absolute atomic E-state index is 0.312. The molecule has 8 nitrogen and oxygen atoms in total. The maximum absolute atomic E-state index is 5.32. The fourth-order valence-electron chi connectivity index (χ4n) is 2.32. The van der Waals surface area contributed by atoms with Gasteiger partial charge in [0.05, 0.1) is 17.8 Å². The standard InChI is InChI=1S/C17H21N5O3/c1-11(2)6-13-7-14(24-21-13)9-19-15-5-4-12(8-18-15)17-20-16(10-23-3)22-25-17/h4-5,7-8,11H,6,9-10H2,1-3H3,(H,18,19). The van der Waals surface area contributed by atoms with Crippen molar-refractivity contribution in [2.75, 3.05) is 12.4 Å². The molecule has 3 aromatic rings. The molecule has 0 bridgehead atoms. The van der Waals surface area contributed by atoms with Crippen molar-refractivity contribution < 1.29 is 13.8 Å². The van der Waals surface area contributed by atoms with E-state index in [0.29, 0.717) is 30.8 Å². The third-order valence-electron chi connectivity index (χ3n) is 3.42. The smallest absolute Gasteiger partial charge is 0.259 e. The summed E-state index contributed by atoms with van der Waals surface area (Å²) >= 11 is 0. The molecule has 132 valence electrons. The number of nitrogens with zero attached hydrogens (tertiary/aromatic N) is 4. The summed E-state index contributed by atoms with van der Waals surface area (Å²) in [5.74, 6) is 2.97. The van der Waals surface area contributed by atoms with E-state index < -0.39 is 0 Å². The number of anilines is 1. The van der Waals surface area contributed by atoms with Crippen LogP contribution in [0.2, 0.25) is 0 Å². The lowest BCUT2D eigenvalue weighted by molar-refractivity contribution is 0.174. The molecule has 0 aliphatic heterocycles. The Morgan fingerprint density at radius 2 is 2.08 bits per heavy atom. The van der Waals surface area contributed by atoms with Gasteiger partial charge in [-0.1, -0.05) is 24.2 Å². The molecule has 0 aliphatic rings. The van der Waals surface area contributed by atoms with Crippen molar-refractivity contribution >= 4 is 5.82 Å². The predicted octanol–water partition coefficient (Wildman–Crippen LogP) is 3.08. The second-order valence-corrected chi connectivity index (χ2v) is 6.12. The first-order valence-electron chi connectivity index (χ1n) is 8.10. The van der Waals surface area contributed by atoms with Gasteiger partial charge in [-0.15, -0.1) is 0 Å². The van der Waals surface area contributed by atoms with Gasteiger partial charge >= 0.3 is 0 Å². The summed E-state index contributed by atoms with van der Waals surface area (Å²) in [6, 6.07) is 5.68. The van der Waals surface area contributed by atoms with E-state index in [1.54, 1.807) is 13.3 Å². The number of ether oxygens (including phenoxy) is 1. The lowest BCUT2D eigenvalue weighted by atomic mass is 10.1. The summed E-state index contributed by atoms with van der Waals surface area (Å²) < 4.78 is 15.5. The monoisotopic (exact) mass is 343 g/mol. The molecule has 0 fully saturated rings. The molecule has 0 radical (unpaired) electrons. The van der Waals surface area contributed by atoms with Gasteiger partial charge in [0, 0.05) is 19.4 Å². The van der Waals surface area contributed by atoms with E-state index in [-0.39, 0.29) is 0 Å². The van der Waals surface area contributed by atoms with E-state index in [9.17, 15) is 0 Å². The van der Waals surface area contributed by atoms with E-state index in [1.165, 1.54) is 0 Å². The molecule has 3 heterocycles. The van der Waals surface area contributed by atoms with Crippen molar-refractivity contribution in [2.24, 2.45) is 5.92 Å². The van der Waals surface area contributed by atoms with Crippen LogP contribution >= 0.6 is 0 Å². The van der Waals surface area contributed by atoms with Crippen LogP contribution in [-0.2, 0) is 24.3 Å². The fourth-order valence-corrected chi connectivity index (χ4v) is 2.32. The van der Waals surface area contributed by atoms with E-state index in [0.717, 1.165) is 29.3 Å². The molecule has 0 saturated carbocycles. The summed E-state index contributed by atoms with van der Waals surface area (Å²) in [6.45, 7) is 5.14. The largest absolute Gasteiger partial charge is 0.377 e. The highest BCUT2D eigenvalue weighted by Crippen LogP contribution is 2.18. The quantitative estimate of drug-likeness (QED) is 0.666. The number of rotatable bonds is 8. The summed E-state index contributed by atoms with van der Waals surface area (Å²) in [5, 5.41) is 11.1. The highest BCUT2D eigenvalue weighted by Gasteiger charge is 2.10. The molecule has 8 heteroatoms. The third-order valence-corrected chi connectivity index (χ3v) is 3.42. The Labute approximate surface area is 145 Å². The number of methoxy groups -OCH3 is 1. The topological polar surface area (TPSA) is 99.1 Å². The second kappa shape index (κ2) is 7.89. The van der Waals surface area contributed by atoms with Crippen molar-refractivity contribution in [1.82, 2.24) is 20.3 Å². The van der Waals surface area contributed by atoms with Crippen LogP contribution in [-0.4, -0.2) is 27.4 Å². The van der Waals surface area contributed by atoms with Crippen LogP contribution in [0.1, 0.15) is 31.1 Å². The van der Waals surface area contributed by atoms with Crippen LogP contribution in [0.5, 0.6) is 0 Å². The van der Waals surface area contributed by atoms with Gasteiger partial charge in [-0.05, 0) is 24.5 Å². The maximum atomic E-state index is 5.32. The van der Waals surface area contributed by atoms with Gasteiger partial charge in [0.2, 0.25) is 0 Å². The van der Waals surface area contributed by atoms with Gasteiger partial charge in [0.1, 0.15) is 12.4 Å². The van der Waals surface area contributed by atoms with Gasteiger partial charge in [-0.2, -0.15) is 4.98 Å². The molecule has 3 rings (SSSR count). The van der Waals surface area contributed by atoms with E-state index in [4.69, 9.17) is 13.8 Å². The lowest BCUT2D eigenvalue weighted by Gasteiger charge is -2.03. The second-order valence-electron chi connectivity index (χ2n) is 6.12. The fraction of sp³-hybridized carbons (Fsp3) is 0.412. The molecular formula is C17H21N5O3. The maximum Gasteiger partial charge on any atom is 0.259 e. The van der Waals surface area contributed by atoms with Gasteiger partial charge in [-0.3, -0.25) is 0 Å². The number of pyridine rings is 1. The van der Waals surface area contributed by atoms with E-state index in [2.05, 4.69) is 39.4 Å². The van der Waals surface area contributed by atoms with Crippen LogP contribution in [0.4, 0.5) is 5.82 Å². The van der Waals surface area contributed by atoms with Crippen molar-refractivity contribution in [3.63, 3.8) is 0 Å². The van der Waals surface area contributed by atoms with Crippen LogP contribution in [0.25, 0.3) is 11.5 Å². The van der Waals surface area contributed by atoms with Crippen molar-refractivity contribution in [3.8, 4) is 11.5 Å². The molecule has 25 heavy (non-hydrogen) atoms. The Morgan fingerprint density at radius 3 is 2.80 bits per heavy atom. The van der Waals surface area contributed by atoms with E-state index in [1.807, 2.05) is 18.2 Å². The van der Waals surface area contributed by atoms with Gasteiger partial charge < -0.3 is 19.1 Å². The predicted molar refractivity (Wildman–Crippen MR) is 90.6 cm³/mol. The summed E-state index contributed by atoms with van der Waals surface area (Å²) in [4.78, 5) is 8.58. The van der Waals surface area contributed by atoms with Crippen molar-refractivity contribution in [2.45, 2.75) is 33.4 Å².